The van der Waals surface area contributed by atoms with Gasteiger partial charge >= 0.3 is 0 Å². The summed E-state index contributed by atoms with van der Waals surface area (Å²) >= 11 is 0. The van der Waals surface area contributed by atoms with Crippen LogP contribution in [0.1, 0.15) is 60.8 Å². The minimum Gasteiger partial charge on any atom is -0.392 e. The van der Waals surface area contributed by atoms with Crippen molar-refractivity contribution in [3.05, 3.63) is 12.7 Å². The average Bonchev–Trinajstić information content (AvgIpc) is 2.59. The molecule has 0 amide bonds. The van der Waals surface area contributed by atoms with Crippen molar-refractivity contribution in [3.63, 3.8) is 0 Å². The van der Waals surface area contributed by atoms with Crippen molar-refractivity contribution in [2.24, 2.45) is 16.2 Å². The summed E-state index contributed by atoms with van der Waals surface area (Å²) in [7, 11) is 0. The van der Waals surface area contributed by atoms with Gasteiger partial charge < -0.3 is 25.2 Å². The molecule has 0 aromatic rings. The highest BCUT2D eigenvalue weighted by Gasteiger charge is 2.84. The predicted molar refractivity (Wildman–Crippen MR) is 99.9 cm³/mol. The summed E-state index contributed by atoms with van der Waals surface area (Å²) in [5.41, 5.74) is -8.16. The van der Waals surface area contributed by atoms with Crippen molar-refractivity contribution in [2.75, 3.05) is 0 Å². The maximum Gasteiger partial charge on any atom is 0.171 e. The minimum atomic E-state index is -2.17. The van der Waals surface area contributed by atoms with E-state index in [0.29, 0.717) is 12.8 Å². The second kappa shape index (κ2) is 5.42. The van der Waals surface area contributed by atoms with Gasteiger partial charge in [-0.1, -0.05) is 33.8 Å². The number of hydrogen-bond acceptors (Lipinski definition) is 6. The number of rotatable bonds is 1. The van der Waals surface area contributed by atoms with Crippen LogP contribution in [-0.4, -0.2) is 61.3 Å². The molecule has 154 valence electrons. The Morgan fingerprint density at radius 1 is 1.04 bits per heavy atom. The first-order chi connectivity index (χ1) is 12.1. The van der Waals surface area contributed by atoms with Crippen LogP contribution in [0.25, 0.3) is 0 Å². The van der Waals surface area contributed by atoms with Gasteiger partial charge in [0.1, 0.15) is 11.7 Å². The van der Waals surface area contributed by atoms with Crippen molar-refractivity contribution < 1.29 is 30.0 Å². The summed E-state index contributed by atoms with van der Waals surface area (Å²) in [5.74, 6) is -0.505. The van der Waals surface area contributed by atoms with Crippen LogP contribution < -0.4 is 0 Å². The van der Waals surface area contributed by atoms with Gasteiger partial charge in [0.15, 0.2) is 11.4 Å². The Hall–Kier alpha value is -0.790. The van der Waals surface area contributed by atoms with Crippen LogP contribution in [-0.2, 0) is 9.53 Å². The lowest BCUT2D eigenvalue weighted by Gasteiger charge is -2.75. The number of fused-ring (bicyclic) bond motifs is 3. The van der Waals surface area contributed by atoms with Gasteiger partial charge in [-0.05, 0) is 32.1 Å². The molecule has 0 bridgehead atoms. The monoisotopic (exact) mass is 382 g/mol. The Morgan fingerprint density at radius 2 is 1.59 bits per heavy atom. The molecule has 2 saturated carbocycles. The Labute approximate surface area is 161 Å². The lowest BCUT2D eigenvalue weighted by molar-refractivity contribution is -0.395. The van der Waals surface area contributed by atoms with Gasteiger partial charge in [0.2, 0.25) is 0 Å². The first-order valence-electron chi connectivity index (χ1n) is 9.73. The van der Waals surface area contributed by atoms with E-state index in [-0.39, 0.29) is 6.42 Å². The molecule has 3 aliphatic rings. The molecule has 7 unspecified atom stereocenters. The van der Waals surface area contributed by atoms with Gasteiger partial charge in [-0.25, -0.2) is 0 Å². The normalized spacial score (nSPS) is 57.6. The van der Waals surface area contributed by atoms with Crippen LogP contribution in [0.5, 0.6) is 0 Å². The second-order valence-corrected chi connectivity index (χ2v) is 10.3. The van der Waals surface area contributed by atoms with E-state index < -0.39 is 57.1 Å². The van der Waals surface area contributed by atoms with Gasteiger partial charge in [0, 0.05) is 17.3 Å². The van der Waals surface area contributed by atoms with E-state index in [1.807, 2.05) is 13.8 Å². The quantitative estimate of drug-likeness (QED) is 0.510. The second-order valence-electron chi connectivity index (χ2n) is 10.3. The lowest BCUT2D eigenvalue weighted by atomic mass is 9.33. The highest BCUT2D eigenvalue weighted by atomic mass is 16.6. The topological polar surface area (TPSA) is 107 Å². The van der Waals surface area contributed by atoms with Crippen LogP contribution in [0.15, 0.2) is 12.7 Å². The van der Waals surface area contributed by atoms with Crippen LogP contribution in [0.2, 0.25) is 0 Å². The summed E-state index contributed by atoms with van der Waals surface area (Å²) in [4.78, 5) is 13.5. The van der Waals surface area contributed by atoms with Gasteiger partial charge in [-0.3, -0.25) is 4.79 Å². The summed E-state index contributed by atoms with van der Waals surface area (Å²) in [6.45, 7) is 14.2. The van der Waals surface area contributed by atoms with E-state index in [0.717, 1.165) is 0 Å². The molecule has 0 aromatic carbocycles. The average molecular weight is 382 g/mol. The van der Waals surface area contributed by atoms with Crippen LogP contribution >= 0.6 is 0 Å². The molecule has 3 rings (SSSR count). The molecule has 0 aromatic heterocycles. The van der Waals surface area contributed by atoms with Crippen LogP contribution in [0.4, 0.5) is 0 Å². The summed E-state index contributed by atoms with van der Waals surface area (Å²) in [5, 5.41) is 45.6. The van der Waals surface area contributed by atoms with Crippen LogP contribution in [0.3, 0.4) is 0 Å². The molecule has 1 heterocycles. The molecule has 4 N–H and O–H groups in total. The van der Waals surface area contributed by atoms with Gasteiger partial charge in [-0.2, -0.15) is 0 Å². The SMILES string of the molecule is C=C[C@@]1(C)CC(=O)C2(O)C(C)(O1)C(O)C(O)C1(C)C(C)(C)CCC(O)C21C. The van der Waals surface area contributed by atoms with E-state index in [1.165, 1.54) is 13.0 Å². The predicted octanol–water partition coefficient (Wildman–Crippen LogP) is 1.34. The van der Waals surface area contributed by atoms with Crippen molar-refractivity contribution in [3.8, 4) is 0 Å². The van der Waals surface area contributed by atoms with Crippen molar-refractivity contribution in [1.82, 2.24) is 0 Å². The van der Waals surface area contributed by atoms with Crippen LogP contribution in [0, 0.1) is 16.2 Å². The zero-order valence-electron chi connectivity index (χ0n) is 17.2. The van der Waals surface area contributed by atoms with E-state index in [2.05, 4.69) is 6.58 Å². The summed E-state index contributed by atoms with van der Waals surface area (Å²) in [6.07, 6.45) is -1.53. The van der Waals surface area contributed by atoms with E-state index in [1.54, 1.807) is 20.8 Å². The number of ketones is 1. The Bertz CT molecular complexity index is 690. The fraction of sp³-hybridized carbons (Fsp3) is 0.857. The summed E-state index contributed by atoms with van der Waals surface area (Å²) in [6, 6.07) is 0. The number of hydrogen-bond donors (Lipinski definition) is 4. The molecule has 0 spiro atoms. The maximum atomic E-state index is 13.5. The Kier molecular flexibility index (Phi) is 4.20. The molecule has 0 radical (unpaired) electrons. The molecule has 6 heteroatoms. The van der Waals surface area contributed by atoms with Gasteiger partial charge in [0.25, 0.3) is 0 Å². The number of ether oxygens (including phenoxy) is 1. The largest absolute Gasteiger partial charge is 0.392 e. The Balaban J connectivity index is 2.36. The zero-order valence-corrected chi connectivity index (χ0v) is 17.2. The first kappa shape index (κ1) is 20.9. The standard InChI is InChI=1S/C21H34O6/c1-8-17(4)11-13(23)21(26)18(5)12(22)9-10-16(2,3)19(18,6)14(24)15(25)20(21,7)27-17/h8,12,14-15,22,24-26H,1,9-11H2,2-7H3/t12?,14?,15?,17-,18?,19?,20?,21?/m0/s1. The third-order valence-corrected chi connectivity index (χ3v) is 8.91. The highest BCUT2D eigenvalue weighted by molar-refractivity contribution is 5.92. The van der Waals surface area contributed by atoms with Crippen molar-refractivity contribution >= 4 is 5.78 Å². The molecule has 6 nitrogen and oxygen atoms in total. The molecule has 1 saturated heterocycles. The highest BCUT2D eigenvalue weighted by Crippen LogP contribution is 2.72. The number of carbonyl (C=O) groups is 1. The first-order valence-corrected chi connectivity index (χ1v) is 9.73. The third-order valence-electron chi connectivity index (χ3n) is 8.91. The molecule has 2 aliphatic carbocycles. The molecule has 27 heavy (non-hydrogen) atoms. The van der Waals surface area contributed by atoms with Crippen molar-refractivity contribution in [1.29, 1.82) is 0 Å². The van der Waals surface area contributed by atoms with Crippen molar-refractivity contribution in [2.45, 2.75) is 95.9 Å². The maximum absolute atomic E-state index is 13.5. The zero-order chi connectivity index (χ0) is 20.8. The van der Waals surface area contributed by atoms with Gasteiger partial charge in [-0.15, -0.1) is 6.58 Å². The van der Waals surface area contributed by atoms with E-state index in [4.69, 9.17) is 4.74 Å². The molecule has 8 atom stereocenters. The molecule has 1 aliphatic heterocycles. The number of carbonyl (C=O) groups excluding carboxylic acids is 1. The van der Waals surface area contributed by atoms with Gasteiger partial charge in [0.05, 0.1) is 17.8 Å². The minimum absolute atomic E-state index is 0.121. The fourth-order valence-corrected chi connectivity index (χ4v) is 6.55. The number of aliphatic hydroxyl groups is 4. The van der Waals surface area contributed by atoms with E-state index >= 15 is 0 Å². The Morgan fingerprint density at radius 3 is 2.11 bits per heavy atom. The van der Waals surface area contributed by atoms with E-state index in [9.17, 15) is 25.2 Å². The number of aliphatic hydroxyl groups excluding tert-OH is 3. The number of Topliss-reactive ketones (excluding diaryl/α,β-unsaturated/α-hetero) is 1. The fourth-order valence-electron chi connectivity index (χ4n) is 6.55. The summed E-state index contributed by atoms with van der Waals surface area (Å²) < 4.78 is 6.14. The lowest BCUT2D eigenvalue weighted by Crippen LogP contribution is -2.89. The smallest absolute Gasteiger partial charge is 0.171 e. The molecule has 3 fully saturated rings. The molecular formula is C21H34O6. The molecular weight excluding hydrogens is 348 g/mol. The third kappa shape index (κ3) is 1.96.